The van der Waals surface area contributed by atoms with Crippen molar-refractivity contribution < 1.29 is 13.7 Å². The van der Waals surface area contributed by atoms with Crippen LogP contribution in [0.3, 0.4) is 0 Å². The summed E-state index contributed by atoms with van der Waals surface area (Å²) in [5.74, 6) is 0.318. The van der Waals surface area contributed by atoms with Crippen LogP contribution in [0.1, 0.15) is 34.6 Å². The average molecular weight is 348 g/mol. The van der Waals surface area contributed by atoms with Gasteiger partial charge in [-0.2, -0.15) is 0 Å². The van der Waals surface area contributed by atoms with Crippen molar-refractivity contribution in [3.05, 3.63) is 65.8 Å². The van der Waals surface area contributed by atoms with Crippen LogP contribution in [-0.4, -0.2) is 21.0 Å². The maximum atomic E-state index is 13.0. The van der Waals surface area contributed by atoms with Gasteiger partial charge in [-0.1, -0.05) is 5.16 Å². The number of fused-ring (bicyclic) bond motifs is 1. The van der Waals surface area contributed by atoms with E-state index in [4.69, 9.17) is 8.94 Å². The predicted molar refractivity (Wildman–Crippen MR) is 94.4 cm³/mol. The predicted octanol–water partition coefficient (Wildman–Crippen LogP) is 3.68. The summed E-state index contributed by atoms with van der Waals surface area (Å²) in [6.45, 7) is 3.70. The van der Waals surface area contributed by atoms with Crippen LogP contribution in [0.2, 0.25) is 0 Å². The normalized spacial score (nSPS) is 12.2. The molecule has 1 amide bonds. The Morgan fingerprint density at radius 2 is 2.04 bits per heavy atom. The molecule has 1 atom stereocenters. The van der Waals surface area contributed by atoms with Crippen LogP contribution in [0, 0.1) is 6.92 Å². The minimum absolute atomic E-state index is 0.180. The van der Waals surface area contributed by atoms with Gasteiger partial charge in [0.25, 0.3) is 11.6 Å². The van der Waals surface area contributed by atoms with Crippen molar-refractivity contribution in [3.63, 3.8) is 0 Å². The summed E-state index contributed by atoms with van der Waals surface area (Å²) in [5.41, 5.74) is 2.84. The molecule has 0 saturated heterocycles. The second-order valence-corrected chi connectivity index (χ2v) is 5.96. The number of amides is 1. The molecule has 4 heterocycles. The monoisotopic (exact) mass is 348 g/mol. The lowest BCUT2D eigenvalue weighted by Gasteiger charge is -2.14. The molecule has 4 rings (SSSR count). The van der Waals surface area contributed by atoms with Gasteiger partial charge in [-0.15, -0.1) is 0 Å². The minimum Gasteiger partial charge on any atom is -0.463 e. The first-order valence-electron chi connectivity index (χ1n) is 8.15. The highest BCUT2D eigenvalue weighted by atomic mass is 16.5. The lowest BCUT2D eigenvalue weighted by atomic mass is 10.1. The molecule has 0 bridgehead atoms. The first-order chi connectivity index (χ1) is 12.6. The number of hydrogen-bond acceptors (Lipinski definition) is 6. The quantitative estimate of drug-likeness (QED) is 0.604. The summed E-state index contributed by atoms with van der Waals surface area (Å²) >= 11 is 0. The van der Waals surface area contributed by atoms with Gasteiger partial charge in [0.2, 0.25) is 0 Å². The Morgan fingerprint density at radius 3 is 2.77 bits per heavy atom. The number of aromatic nitrogens is 3. The number of hydrogen-bond donors (Lipinski definition) is 1. The molecular formula is C19H16N4O3. The van der Waals surface area contributed by atoms with Crippen LogP contribution >= 0.6 is 0 Å². The molecule has 1 unspecified atom stereocenters. The van der Waals surface area contributed by atoms with Gasteiger partial charge in [0.15, 0.2) is 5.76 Å². The Balaban J connectivity index is 1.74. The van der Waals surface area contributed by atoms with Crippen molar-refractivity contribution in [1.82, 2.24) is 20.4 Å². The van der Waals surface area contributed by atoms with Crippen molar-refractivity contribution in [2.75, 3.05) is 0 Å². The van der Waals surface area contributed by atoms with E-state index in [0.717, 1.165) is 5.56 Å². The average Bonchev–Trinajstić information content (AvgIpc) is 3.32. The number of nitrogens with one attached hydrogen (secondary N) is 1. The highest BCUT2D eigenvalue weighted by molar-refractivity contribution is 6.07. The van der Waals surface area contributed by atoms with Gasteiger partial charge in [0, 0.05) is 12.4 Å². The Labute approximate surface area is 149 Å². The fourth-order valence-corrected chi connectivity index (χ4v) is 2.83. The summed E-state index contributed by atoms with van der Waals surface area (Å²) in [5, 5.41) is 7.54. The molecule has 0 spiro atoms. The zero-order valence-corrected chi connectivity index (χ0v) is 14.3. The third-order valence-corrected chi connectivity index (χ3v) is 4.19. The highest BCUT2D eigenvalue weighted by Crippen LogP contribution is 2.27. The molecule has 0 aliphatic heterocycles. The van der Waals surface area contributed by atoms with Gasteiger partial charge in [0.05, 0.1) is 28.9 Å². The van der Waals surface area contributed by atoms with Gasteiger partial charge in [0.1, 0.15) is 5.69 Å². The van der Waals surface area contributed by atoms with E-state index in [0.29, 0.717) is 33.8 Å². The molecule has 0 radical (unpaired) electrons. The van der Waals surface area contributed by atoms with Crippen molar-refractivity contribution in [3.8, 4) is 11.5 Å². The molecule has 7 nitrogen and oxygen atoms in total. The van der Waals surface area contributed by atoms with Gasteiger partial charge in [-0.3, -0.25) is 9.78 Å². The number of carbonyl (C=O) groups is 1. The topological polar surface area (TPSA) is 94.0 Å². The first-order valence-corrected chi connectivity index (χ1v) is 8.15. The van der Waals surface area contributed by atoms with E-state index >= 15 is 0 Å². The molecule has 0 aromatic carbocycles. The Kier molecular flexibility index (Phi) is 3.96. The molecular weight excluding hydrogens is 332 g/mol. The third kappa shape index (κ3) is 2.83. The zero-order valence-electron chi connectivity index (χ0n) is 14.3. The van der Waals surface area contributed by atoms with Gasteiger partial charge in [-0.05, 0) is 49.7 Å². The van der Waals surface area contributed by atoms with Crippen LogP contribution in [-0.2, 0) is 0 Å². The number of nitrogens with zero attached hydrogens (tertiary/aromatic N) is 3. The number of aryl methyl sites for hydroxylation is 1. The number of pyridine rings is 2. The summed E-state index contributed by atoms with van der Waals surface area (Å²) in [7, 11) is 0. The molecule has 0 aliphatic rings. The van der Waals surface area contributed by atoms with Crippen LogP contribution in [0.4, 0.5) is 0 Å². The summed E-state index contributed by atoms with van der Waals surface area (Å²) in [6.07, 6.45) is 4.95. The van der Waals surface area contributed by atoms with Crippen molar-refractivity contribution in [1.29, 1.82) is 0 Å². The fourth-order valence-electron chi connectivity index (χ4n) is 2.83. The second-order valence-electron chi connectivity index (χ2n) is 5.96. The zero-order chi connectivity index (χ0) is 18.1. The molecule has 0 fully saturated rings. The Hall–Kier alpha value is -3.48. The minimum atomic E-state index is -0.235. The van der Waals surface area contributed by atoms with E-state index in [-0.39, 0.29) is 11.9 Å². The van der Waals surface area contributed by atoms with Crippen LogP contribution in [0.15, 0.2) is 57.9 Å². The Morgan fingerprint density at radius 1 is 1.23 bits per heavy atom. The molecule has 0 saturated carbocycles. The molecule has 26 heavy (non-hydrogen) atoms. The summed E-state index contributed by atoms with van der Waals surface area (Å²) in [4.78, 5) is 21.4. The van der Waals surface area contributed by atoms with Gasteiger partial charge < -0.3 is 14.3 Å². The maximum absolute atomic E-state index is 13.0. The van der Waals surface area contributed by atoms with E-state index in [1.54, 1.807) is 43.8 Å². The maximum Gasteiger partial charge on any atom is 0.259 e. The summed E-state index contributed by atoms with van der Waals surface area (Å²) < 4.78 is 10.7. The van der Waals surface area contributed by atoms with E-state index in [1.165, 1.54) is 0 Å². The third-order valence-electron chi connectivity index (χ3n) is 4.19. The summed E-state index contributed by atoms with van der Waals surface area (Å²) in [6, 6.07) is 8.79. The van der Waals surface area contributed by atoms with Crippen molar-refractivity contribution >= 4 is 17.0 Å². The molecule has 0 aliphatic carbocycles. The molecule has 1 N–H and O–H groups in total. The molecule has 130 valence electrons. The van der Waals surface area contributed by atoms with Crippen molar-refractivity contribution in [2.24, 2.45) is 0 Å². The smallest absolute Gasteiger partial charge is 0.259 e. The van der Waals surface area contributed by atoms with Crippen molar-refractivity contribution in [2.45, 2.75) is 19.9 Å². The van der Waals surface area contributed by atoms with E-state index < -0.39 is 0 Å². The van der Waals surface area contributed by atoms with Crippen LogP contribution in [0.25, 0.3) is 22.6 Å². The standard InChI is InChI=1S/C19H16N4O3/c1-11(13-5-7-20-8-6-13)21-18(24)14-10-15(16-4-3-9-25-16)22-19-17(14)12(2)23-26-19/h3-11H,1-2H3,(H,21,24). The number of rotatable bonds is 4. The fraction of sp³-hybridized carbons (Fsp3) is 0.158. The molecule has 7 heteroatoms. The SMILES string of the molecule is Cc1noc2nc(-c3ccco3)cc(C(=O)NC(C)c3ccncc3)c12. The molecule has 4 aromatic heterocycles. The first kappa shape index (κ1) is 16.0. The largest absolute Gasteiger partial charge is 0.463 e. The van der Waals surface area contributed by atoms with E-state index in [2.05, 4.69) is 20.4 Å². The van der Waals surface area contributed by atoms with Crippen LogP contribution < -0.4 is 5.32 Å². The number of carbonyl (C=O) groups excluding carboxylic acids is 1. The highest BCUT2D eigenvalue weighted by Gasteiger charge is 2.21. The second kappa shape index (κ2) is 6.44. The molecule has 4 aromatic rings. The lowest BCUT2D eigenvalue weighted by Crippen LogP contribution is -2.27. The van der Waals surface area contributed by atoms with E-state index in [9.17, 15) is 4.79 Å². The lowest BCUT2D eigenvalue weighted by molar-refractivity contribution is 0.0941. The Bertz CT molecular complexity index is 1060. The van der Waals surface area contributed by atoms with E-state index in [1.807, 2.05) is 19.1 Å². The van der Waals surface area contributed by atoms with Gasteiger partial charge in [-0.25, -0.2) is 4.98 Å². The number of furan rings is 1. The van der Waals surface area contributed by atoms with Gasteiger partial charge >= 0.3 is 0 Å². The van der Waals surface area contributed by atoms with Crippen LogP contribution in [0.5, 0.6) is 0 Å².